The molecule has 0 aliphatic rings. The van der Waals surface area contributed by atoms with E-state index in [2.05, 4.69) is 15.6 Å². The van der Waals surface area contributed by atoms with Gasteiger partial charge in [-0.3, -0.25) is 4.79 Å². The Morgan fingerprint density at radius 3 is 2.93 bits per heavy atom. The summed E-state index contributed by atoms with van der Waals surface area (Å²) in [5.41, 5.74) is 1.01. The lowest BCUT2D eigenvalue weighted by Crippen LogP contribution is -2.33. The number of hydrogen-bond donors (Lipinski definition) is 2. The first-order chi connectivity index (χ1) is 7.13. The van der Waals surface area contributed by atoms with Crippen LogP contribution in [0.15, 0.2) is 12.5 Å². The van der Waals surface area contributed by atoms with Crippen LogP contribution in [-0.4, -0.2) is 28.5 Å². The third-order valence-electron chi connectivity index (χ3n) is 1.92. The van der Waals surface area contributed by atoms with Crippen molar-refractivity contribution in [1.82, 2.24) is 20.2 Å². The Kier molecular flexibility index (Phi) is 4.30. The van der Waals surface area contributed by atoms with Crippen molar-refractivity contribution in [3.8, 4) is 0 Å². The predicted molar refractivity (Wildman–Crippen MR) is 58.3 cm³/mol. The number of carbonyl (C=O) groups excluding carboxylic acids is 1. The van der Waals surface area contributed by atoms with E-state index in [1.165, 1.54) is 0 Å². The van der Waals surface area contributed by atoms with Gasteiger partial charge in [-0.25, -0.2) is 4.98 Å². The second kappa shape index (κ2) is 5.50. The van der Waals surface area contributed by atoms with Crippen LogP contribution in [0.5, 0.6) is 0 Å². The summed E-state index contributed by atoms with van der Waals surface area (Å²) in [6.07, 6.45) is 3.44. The zero-order valence-electron chi connectivity index (χ0n) is 9.45. The summed E-state index contributed by atoms with van der Waals surface area (Å²) >= 11 is 0. The highest BCUT2D eigenvalue weighted by molar-refractivity contribution is 5.76. The first-order valence-electron chi connectivity index (χ1n) is 5.06. The molecule has 0 spiro atoms. The normalized spacial score (nSPS) is 10.7. The predicted octanol–water partition coefficient (Wildman–Crippen LogP) is 0.127. The van der Waals surface area contributed by atoms with Crippen molar-refractivity contribution >= 4 is 5.91 Å². The zero-order valence-corrected chi connectivity index (χ0v) is 9.45. The minimum atomic E-state index is 0.0142. The number of nitrogens with one attached hydrogen (secondary N) is 2. The lowest BCUT2D eigenvalue weighted by molar-refractivity contribution is -0.122. The SMILES string of the molecule is CNCc1cncn1CC(=O)NC(C)C. The number of carbonyl (C=O) groups is 1. The van der Waals surface area contributed by atoms with Crippen LogP contribution in [0.2, 0.25) is 0 Å². The molecule has 0 aliphatic carbocycles. The van der Waals surface area contributed by atoms with Crippen molar-refractivity contribution in [1.29, 1.82) is 0 Å². The van der Waals surface area contributed by atoms with Crippen LogP contribution >= 0.6 is 0 Å². The summed E-state index contributed by atoms with van der Waals surface area (Å²) in [6, 6.07) is 0.175. The van der Waals surface area contributed by atoms with Gasteiger partial charge in [-0.2, -0.15) is 0 Å². The number of nitrogens with zero attached hydrogens (tertiary/aromatic N) is 2. The third-order valence-corrected chi connectivity index (χ3v) is 1.92. The topological polar surface area (TPSA) is 59.0 Å². The highest BCUT2D eigenvalue weighted by Gasteiger charge is 2.07. The van der Waals surface area contributed by atoms with Gasteiger partial charge in [0.15, 0.2) is 0 Å². The van der Waals surface area contributed by atoms with Gasteiger partial charge in [0.25, 0.3) is 0 Å². The monoisotopic (exact) mass is 210 g/mol. The summed E-state index contributed by atoms with van der Waals surface area (Å²) in [5.74, 6) is 0.0142. The number of rotatable bonds is 5. The molecular formula is C10H18N4O. The molecule has 0 aromatic carbocycles. The van der Waals surface area contributed by atoms with Crippen LogP contribution in [0.25, 0.3) is 0 Å². The van der Waals surface area contributed by atoms with E-state index in [-0.39, 0.29) is 11.9 Å². The molecule has 1 rings (SSSR count). The number of aromatic nitrogens is 2. The second-order valence-corrected chi connectivity index (χ2v) is 3.77. The van der Waals surface area contributed by atoms with Crippen LogP contribution in [0.4, 0.5) is 0 Å². The molecule has 5 heteroatoms. The molecule has 15 heavy (non-hydrogen) atoms. The van der Waals surface area contributed by atoms with Crippen LogP contribution in [-0.2, 0) is 17.9 Å². The molecule has 84 valence electrons. The second-order valence-electron chi connectivity index (χ2n) is 3.77. The van der Waals surface area contributed by atoms with Crippen LogP contribution in [0, 0.1) is 0 Å². The Hall–Kier alpha value is -1.36. The maximum atomic E-state index is 11.5. The molecule has 0 saturated heterocycles. The van der Waals surface area contributed by atoms with Crippen molar-refractivity contribution in [3.63, 3.8) is 0 Å². The van der Waals surface area contributed by atoms with E-state index in [4.69, 9.17) is 0 Å². The molecule has 0 radical (unpaired) electrons. The molecule has 0 bridgehead atoms. The Morgan fingerprint density at radius 2 is 2.33 bits per heavy atom. The van der Waals surface area contributed by atoms with Gasteiger partial charge >= 0.3 is 0 Å². The number of amides is 1. The first kappa shape index (κ1) is 11.7. The fourth-order valence-corrected chi connectivity index (χ4v) is 1.34. The molecule has 2 N–H and O–H groups in total. The summed E-state index contributed by atoms with van der Waals surface area (Å²) in [5, 5.41) is 5.87. The van der Waals surface area contributed by atoms with Gasteiger partial charge in [0.2, 0.25) is 5.91 Å². The molecule has 1 heterocycles. The summed E-state index contributed by atoms with van der Waals surface area (Å²) in [7, 11) is 1.87. The average molecular weight is 210 g/mol. The van der Waals surface area contributed by atoms with E-state index >= 15 is 0 Å². The van der Waals surface area contributed by atoms with Crippen molar-refractivity contribution in [2.75, 3.05) is 7.05 Å². The van der Waals surface area contributed by atoms with E-state index < -0.39 is 0 Å². The highest BCUT2D eigenvalue weighted by Crippen LogP contribution is 1.98. The molecule has 0 atom stereocenters. The fourth-order valence-electron chi connectivity index (χ4n) is 1.34. The lowest BCUT2D eigenvalue weighted by atomic mass is 10.4. The third kappa shape index (κ3) is 3.71. The average Bonchev–Trinajstić information content (AvgIpc) is 2.52. The van der Waals surface area contributed by atoms with Crippen molar-refractivity contribution < 1.29 is 4.79 Å². The van der Waals surface area contributed by atoms with E-state index in [9.17, 15) is 4.79 Å². The van der Waals surface area contributed by atoms with Crippen molar-refractivity contribution in [2.24, 2.45) is 0 Å². The standard InChI is InChI=1S/C10H18N4O/c1-8(2)13-10(15)6-14-7-12-5-9(14)4-11-3/h5,7-8,11H,4,6H2,1-3H3,(H,13,15). The van der Waals surface area contributed by atoms with Gasteiger partial charge in [-0.1, -0.05) is 0 Å². The van der Waals surface area contributed by atoms with E-state index in [0.29, 0.717) is 6.54 Å². The smallest absolute Gasteiger partial charge is 0.240 e. The summed E-state index contributed by atoms with van der Waals surface area (Å²) < 4.78 is 1.84. The van der Waals surface area contributed by atoms with Crippen molar-refractivity contribution in [2.45, 2.75) is 33.0 Å². The van der Waals surface area contributed by atoms with Crippen LogP contribution in [0.1, 0.15) is 19.5 Å². The van der Waals surface area contributed by atoms with Gasteiger partial charge in [-0.15, -0.1) is 0 Å². The molecule has 1 aromatic rings. The largest absolute Gasteiger partial charge is 0.352 e. The van der Waals surface area contributed by atoms with Crippen LogP contribution in [0.3, 0.4) is 0 Å². The fraction of sp³-hybridized carbons (Fsp3) is 0.600. The molecule has 0 fully saturated rings. The lowest BCUT2D eigenvalue weighted by Gasteiger charge is -2.10. The Morgan fingerprint density at radius 1 is 1.60 bits per heavy atom. The van der Waals surface area contributed by atoms with Gasteiger partial charge < -0.3 is 15.2 Å². The molecule has 5 nitrogen and oxygen atoms in total. The minimum Gasteiger partial charge on any atom is -0.352 e. The Bertz CT molecular complexity index is 319. The minimum absolute atomic E-state index is 0.0142. The highest BCUT2D eigenvalue weighted by atomic mass is 16.2. The number of hydrogen-bond acceptors (Lipinski definition) is 3. The maximum absolute atomic E-state index is 11.5. The molecule has 1 aromatic heterocycles. The quantitative estimate of drug-likeness (QED) is 0.726. The summed E-state index contributed by atoms with van der Waals surface area (Å²) in [6.45, 7) is 4.94. The zero-order chi connectivity index (χ0) is 11.3. The molecular weight excluding hydrogens is 192 g/mol. The van der Waals surface area contributed by atoms with Gasteiger partial charge in [0.1, 0.15) is 6.54 Å². The van der Waals surface area contributed by atoms with E-state index in [1.807, 2.05) is 25.5 Å². The van der Waals surface area contributed by atoms with E-state index in [1.54, 1.807) is 12.5 Å². The molecule has 1 amide bonds. The summed E-state index contributed by atoms with van der Waals surface area (Å²) in [4.78, 5) is 15.5. The Balaban J connectivity index is 2.55. The molecule has 0 aliphatic heterocycles. The van der Waals surface area contributed by atoms with Gasteiger partial charge in [-0.05, 0) is 20.9 Å². The van der Waals surface area contributed by atoms with Gasteiger partial charge in [0, 0.05) is 18.8 Å². The maximum Gasteiger partial charge on any atom is 0.240 e. The first-order valence-corrected chi connectivity index (χ1v) is 5.06. The number of imidazole rings is 1. The Labute approximate surface area is 89.9 Å². The van der Waals surface area contributed by atoms with Gasteiger partial charge in [0.05, 0.1) is 12.0 Å². The molecule has 0 unspecified atom stereocenters. The van der Waals surface area contributed by atoms with Crippen molar-refractivity contribution in [3.05, 3.63) is 18.2 Å². The van der Waals surface area contributed by atoms with E-state index in [0.717, 1.165) is 12.2 Å². The molecule has 0 saturated carbocycles. The van der Waals surface area contributed by atoms with Crippen LogP contribution < -0.4 is 10.6 Å².